The number of H-pyrrole nitrogens is 1. The van der Waals surface area contributed by atoms with Gasteiger partial charge in [-0.25, -0.2) is 4.98 Å². The van der Waals surface area contributed by atoms with Gasteiger partial charge in [0.15, 0.2) is 5.16 Å². The second-order valence-electron chi connectivity index (χ2n) is 3.66. The molecule has 1 heterocycles. The summed E-state index contributed by atoms with van der Waals surface area (Å²) in [5.41, 5.74) is 0.0469. The van der Waals surface area contributed by atoms with E-state index in [0.717, 1.165) is 0 Å². The number of halogens is 3. The largest absolute Gasteiger partial charge is 0.300 e. The topological polar surface area (TPSA) is 69.5 Å². The summed E-state index contributed by atoms with van der Waals surface area (Å²) in [6.07, 6.45) is 1.77. The number of nitrogens with one attached hydrogen (secondary N) is 1. The zero-order valence-electron chi connectivity index (χ0n) is 10.00. The van der Waals surface area contributed by atoms with Crippen LogP contribution in [-0.4, -0.2) is 16.2 Å². The standard InChI is InChI=1S/C12H6BrCl2N3OS/c1-20-12-17-10(7(4-16)11(19)18-12)6-2-5(14)3-8(13)9(6)15/h2-3H,1H3,(H,17,18,19). The van der Waals surface area contributed by atoms with Crippen molar-refractivity contribution in [1.82, 2.24) is 9.97 Å². The molecule has 2 rings (SSSR count). The molecule has 0 saturated heterocycles. The average Bonchev–Trinajstić information content (AvgIpc) is 2.41. The van der Waals surface area contributed by atoms with Crippen molar-refractivity contribution in [3.63, 3.8) is 0 Å². The van der Waals surface area contributed by atoms with Crippen LogP contribution in [0.4, 0.5) is 0 Å². The Labute approximate surface area is 137 Å². The molecule has 2 aromatic rings. The number of nitrogens with zero attached hydrogens (tertiary/aromatic N) is 2. The van der Waals surface area contributed by atoms with E-state index in [1.807, 2.05) is 6.07 Å². The highest BCUT2D eigenvalue weighted by atomic mass is 79.9. The number of hydrogen-bond donors (Lipinski definition) is 1. The first-order valence-electron chi connectivity index (χ1n) is 5.21. The molecule has 0 unspecified atom stereocenters. The fourth-order valence-corrected chi connectivity index (χ4v) is 2.96. The van der Waals surface area contributed by atoms with Gasteiger partial charge in [-0.15, -0.1) is 0 Å². The lowest BCUT2D eigenvalue weighted by Crippen LogP contribution is -2.14. The molecule has 0 fully saturated rings. The van der Waals surface area contributed by atoms with Gasteiger partial charge in [0, 0.05) is 15.1 Å². The SMILES string of the molecule is CSc1nc(-c2cc(Cl)cc(Br)c2Cl)c(C#N)c(=O)[nH]1. The van der Waals surface area contributed by atoms with Gasteiger partial charge in [-0.1, -0.05) is 35.0 Å². The minimum Gasteiger partial charge on any atom is -0.300 e. The Morgan fingerprint density at radius 1 is 1.45 bits per heavy atom. The van der Waals surface area contributed by atoms with E-state index in [0.29, 0.717) is 25.2 Å². The molecular weight excluding hydrogens is 385 g/mol. The predicted octanol–water partition coefficient (Wildman–Crippen LogP) is 4.10. The Morgan fingerprint density at radius 2 is 2.15 bits per heavy atom. The van der Waals surface area contributed by atoms with Crippen LogP contribution >= 0.6 is 50.9 Å². The summed E-state index contributed by atoms with van der Waals surface area (Å²) in [6, 6.07) is 5.05. The first kappa shape index (κ1) is 15.4. The minimum atomic E-state index is -0.506. The van der Waals surface area contributed by atoms with E-state index in [-0.39, 0.29) is 11.3 Å². The van der Waals surface area contributed by atoms with E-state index in [1.54, 1.807) is 18.4 Å². The van der Waals surface area contributed by atoms with Crippen molar-refractivity contribution in [1.29, 1.82) is 5.26 Å². The van der Waals surface area contributed by atoms with E-state index >= 15 is 0 Å². The van der Waals surface area contributed by atoms with Crippen molar-refractivity contribution in [3.8, 4) is 17.3 Å². The van der Waals surface area contributed by atoms with Crippen LogP contribution in [0, 0.1) is 11.3 Å². The van der Waals surface area contributed by atoms with Crippen LogP contribution in [0.15, 0.2) is 26.6 Å². The monoisotopic (exact) mass is 389 g/mol. The van der Waals surface area contributed by atoms with Gasteiger partial charge in [0.2, 0.25) is 0 Å². The lowest BCUT2D eigenvalue weighted by Gasteiger charge is -2.09. The van der Waals surface area contributed by atoms with E-state index < -0.39 is 5.56 Å². The molecule has 0 amide bonds. The van der Waals surface area contributed by atoms with Gasteiger partial charge in [0.1, 0.15) is 11.6 Å². The van der Waals surface area contributed by atoms with Gasteiger partial charge in [-0.05, 0) is 34.3 Å². The van der Waals surface area contributed by atoms with Crippen LogP contribution in [0.1, 0.15) is 5.56 Å². The molecule has 0 aliphatic carbocycles. The highest BCUT2D eigenvalue weighted by Gasteiger charge is 2.17. The molecular formula is C12H6BrCl2N3OS. The average molecular weight is 391 g/mol. The maximum atomic E-state index is 11.9. The number of aromatic amines is 1. The summed E-state index contributed by atoms with van der Waals surface area (Å²) < 4.78 is 0.568. The summed E-state index contributed by atoms with van der Waals surface area (Å²) in [5.74, 6) is 0. The Hall–Kier alpha value is -1.00. The normalized spacial score (nSPS) is 10.3. The van der Waals surface area contributed by atoms with E-state index in [1.165, 1.54) is 11.8 Å². The second kappa shape index (κ2) is 6.19. The van der Waals surface area contributed by atoms with Crippen molar-refractivity contribution in [2.75, 3.05) is 6.26 Å². The molecule has 4 nitrogen and oxygen atoms in total. The minimum absolute atomic E-state index is 0.0983. The fourth-order valence-electron chi connectivity index (χ4n) is 1.58. The van der Waals surface area contributed by atoms with Crippen molar-refractivity contribution < 1.29 is 0 Å². The van der Waals surface area contributed by atoms with Gasteiger partial charge in [-0.2, -0.15) is 5.26 Å². The molecule has 1 aromatic heterocycles. The van der Waals surface area contributed by atoms with Crippen LogP contribution < -0.4 is 5.56 Å². The first-order chi connectivity index (χ1) is 9.47. The van der Waals surface area contributed by atoms with Gasteiger partial charge >= 0.3 is 0 Å². The van der Waals surface area contributed by atoms with E-state index in [4.69, 9.17) is 28.5 Å². The fraction of sp³-hybridized carbons (Fsp3) is 0.0833. The number of hydrogen-bond acceptors (Lipinski definition) is 4. The van der Waals surface area contributed by atoms with Gasteiger partial charge < -0.3 is 4.98 Å². The third-order valence-electron chi connectivity index (χ3n) is 2.45. The van der Waals surface area contributed by atoms with Crippen LogP contribution in [0.5, 0.6) is 0 Å². The van der Waals surface area contributed by atoms with Crippen LogP contribution in [0.2, 0.25) is 10.0 Å². The maximum Gasteiger partial charge on any atom is 0.270 e. The maximum absolute atomic E-state index is 11.9. The molecule has 0 bridgehead atoms. The molecule has 0 aliphatic rings. The predicted molar refractivity (Wildman–Crippen MR) is 84.5 cm³/mol. The summed E-state index contributed by atoms with van der Waals surface area (Å²) >= 11 is 16.7. The first-order valence-corrected chi connectivity index (χ1v) is 7.98. The molecule has 1 N–H and O–H groups in total. The van der Waals surface area contributed by atoms with Crippen LogP contribution in [0.25, 0.3) is 11.3 Å². The molecule has 0 saturated carbocycles. The van der Waals surface area contributed by atoms with Gasteiger partial charge in [0.05, 0.1) is 10.7 Å². The Balaban J connectivity index is 2.85. The van der Waals surface area contributed by atoms with Crippen LogP contribution in [0.3, 0.4) is 0 Å². The Kier molecular flexibility index (Phi) is 4.76. The second-order valence-corrected chi connectivity index (χ2v) is 6.12. The lowest BCUT2D eigenvalue weighted by atomic mass is 10.1. The van der Waals surface area contributed by atoms with Gasteiger partial charge in [-0.3, -0.25) is 4.79 Å². The van der Waals surface area contributed by atoms with E-state index in [2.05, 4.69) is 25.9 Å². The Bertz CT molecular complexity index is 785. The highest BCUT2D eigenvalue weighted by molar-refractivity contribution is 9.10. The summed E-state index contributed by atoms with van der Waals surface area (Å²) in [6.45, 7) is 0. The third kappa shape index (κ3) is 2.86. The zero-order valence-corrected chi connectivity index (χ0v) is 13.9. The van der Waals surface area contributed by atoms with Crippen molar-refractivity contribution >= 4 is 50.9 Å². The molecule has 0 aliphatic heterocycles. The highest BCUT2D eigenvalue weighted by Crippen LogP contribution is 2.36. The zero-order chi connectivity index (χ0) is 14.9. The summed E-state index contributed by atoms with van der Waals surface area (Å²) in [7, 11) is 0. The smallest absolute Gasteiger partial charge is 0.270 e. The lowest BCUT2D eigenvalue weighted by molar-refractivity contribution is 0.937. The quantitative estimate of drug-likeness (QED) is 0.476. The van der Waals surface area contributed by atoms with Crippen molar-refractivity contribution in [3.05, 3.63) is 42.6 Å². The molecule has 0 radical (unpaired) electrons. The molecule has 8 heteroatoms. The number of benzene rings is 1. The van der Waals surface area contributed by atoms with Crippen molar-refractivity contribution in [2.45, 2.75) is 5.16 Å². The van der Waals surface area contributed by atoms with Crippen molar-refractivity contribution in [2.24, 2.45) is 0 Å². The molecule has 0 spiro atoms. The van der Waals surface area contributed by atoms with Crippen LogP contribution in [-0.2, 0) is 0 Å². The Morgan fingerprint density at radius 3 is 2.75 bits per heavy atom. The van der Waals surface area contributed by atoms with Gasteiger partial charge in [0.25, 0.3) is 5.56 Å². The summed E-state index contributed by atoms with van der Waals surface area (Å²) in [4.78, 5) is 18.7. The molecule has 0 atom stereocenters. The number of rotatable bonds is 2. The number of nitriles is 1. The molecule has 1 aromatic carbocycles. The number of thioether (sulfide) groups is 1. The summed E-state index contributed by atoms with van der Waals surface area (Å²) in [5, 5.41) is 10.3. The molecule has 20 heavy (non-hydrogen) atoms. The van der Waals surface area contributed by atoms with E-state index in [9.17, 15) is 4.79 Å². The third-order valence-corrected chi connectivity index (χ3v) is 4.51. The molecule has 102 valence electrons. The number of aromatic nitrogens is 2.